The number of hydrogen-bond donors (Lipinski definition) is 1. The second-order valence-electron chi connectivity index (χ2n) is 4.76. The van der Waals surface area contributed by atoms with Crippen LogP contribution in [-0.2, 0) is 6.54 Å². The maximum Gasteiger partial charge on any atom is 0.251 e. The molecule has 0 bridgehead atoms. The molecule has 0 fully saturated rings. The van der Waals surface area contributed by atoms with Crippen molar-refractivity contribution in [3.8, 4) is 0 Å². The van der Waals surface area contributed by atoms with Crippen molar-refractivity contribution in [3.05, 3.63) is 65.5 Å². The van der Waals surface area contributed by atoms with Crippen LogP contribution in [0.1, 0.15) is 15.9 Å². The van der Waals surface area contributed by atoms with Gasteiger partial charge in [0, 0.05) is 31.9 Å². The van der Waals surface area contributed by atoms with E-state index in [1.165, 1.54) is 18.2 Å². The molecule has 1 amide bonds. The molecule has 0 atom stereocenters. The monoisotopic (exact) mass is 272 g/mol. The Hall–Kier alpha value is -2.36. The highest BCUT2D eigenvalue weighted by Crippen LogP contribution is 2.13. The number of halogens is 1. The molecular formula is C16H17FN2O. The molecule has 0 aliphatic rings. The van der Waals surface area contributed by atoms with E-state index in [0.29, 0.717) is 12.1 Å². The third kappa shape index (κ3) is 3.57. The molecule has 0 saturated carbocycles. The Labute approximate surface area is 118 Å². The minimum absolute atomic E-state index is 0.278. The Balaban J connectivity index is 2.02. The van der Waals surface area contributed by atoms with Crippen molar-refractivity contribution in [2.24, 2.45) is 0 Å². The zero-order valence-corrected chi connectivity index (χ0v) is 11.6. The Kier molecular flexibility index (Phi) is 4.35. The molecule has 0 aliphatic heterocycles. The van der Waals surface area contributed by atoms with Crippen molar-refractivity contribution in [2.75, 3.05) is 19.0 Å². The summed E-state index contributed by atoms with van der Waals surface area (Å²) in [5.41, 5.74) is 2.40. The maximum absolute atomic E-state index is 13.0. The fourth-order valence-corrected chi connectivity index (χ4v) is 1.86. The van der Waals surface area contributed by atoms with Gasteiger partial charge >= 0.3 is 0 Å². The molecule has 3 nitrogen and oxygen atoms in total. The van der Waals surface area contributed by atoms with Crippen LogP contribution in [0.15, 0.2) is 48.5 Å². The lowest BCUT2D eigenvalue weighted by Gasteiger charge is -2.14. The molecule has 2 aromatic rings. The van der Waals surface area contributed by atoms with Gasteiger partial charge in [0.2, 0.25) is 0 Å². The summed E-state index contributed by atoms with van der Waals surface area (Å²) in [5.74, 6) is -0.688. The minimum Gasteiger partial charge on any atom is -0.378 e. The molecule has 0 aromatic heterocycles. The first kappa shape index (κ1) is 14.1. The topological polar surface area (TPSA) is 32.3 Å². The van der Waals surface area contributed by atoms with Crippen molar-refractivity contribution in [1.82, 2.24) is 5.32 Å². The number of rotatable bonds is 4. The highest BCUT2D eigenvalue weighted by Gasteiger charge is 2.06. The van der Waals surface area contributed by atoms with Gasteiger partial charge in [0.05, 0.1) is 0 Å². The van der Waals surface area contributed by atoms with Crippen LogP contribution in [0.3, 0.4) is 0 Å². The van der Waals surface area contributed by atoms with Gasteiger partial charge in [-0.1, -0.05) is 18.2 Å². The predicted octanol–water partition coefficient (Wildman–Crippen LogP) is 2.82. The summed E-state index contributed by atoms with van der Waals surface area (Å²) in [5, 5.41) is 2.78. The average molecular weight is 272 g/mol. The average Bonchev–Trinajstić information content (AvgIpc) is 2.45. The number of amides is 1. The van der Waals surface area contributed by atoms with Crippen LogP contribution in [0.2, 0.25) is 0 Å². The van der Waals surface area contributed by atoms with E-state index in [0.717, 1.165) is 11.3 Å². The molecule has 2 rings (SSSR count). The summed E-state index contributed by atoms with van der Waals surface area (Å²) < 4.78 is 13.0. The van der Waals surface area contributed by atoms with Gasteiger partial charge < -0.3 is 10.2 Å². The van der Waals surface area contributed by atoms with Crippen molar-refractivity contribution in [3.63, 3.8) is 0 Å². The lowest BCUT2D eigenvalue weighted by molar-refractivity contribution is 0.0950. The quantitative estimate of drug-likeness (QED) is 0.928. The number of hydrogen-bond acceptors (Lipinski definition) is 2. The van der Waals surface area contributed by atoms with E-state index in [9.17, 15) is 9.18 Å². The van der Waals surface area contributed by atoms with E-state index in [-0.39, 0.29) is 5.91 Å². The van der Waals surface area contributed by atoms with Crippen LogP contribution >= 0.6 is 0 Å². The van der Waals surface area contributed by atoms with Gasteiger partial charge in [-0.05, 0) is 35.9 Å². The summed E-state index contributed by atoms with van der Waals surface area (Å²) >= 11 is 0. The lowest BCUT2D eigenvalue weighted by Crippen LogP contribution is -2.23. The van der Waals surface area contributed by atoms with Gasteiger partial charge in [0.1, 0.15) is 5.82 Å². The van der Waals surface area contributed by atoms with Gasteiger partial charge in [-0.3, -0.25) is 4.79 Å². The summed E-state index contributed by atoms with van der Waals surface area (Å²) in [4.78, 5) is 13.9. The zero-order chi connectivity index (χ0) is 14.5. The molecule has 0 spiro atoms. The molecule has 0 aliphatic carbocycles. The number of nitrogens with zero attached hydrogens (tertiary/aromatic N) is 1. The first-order valence-electron chi connectivity index (χ1n) is 6.36. The third-order valence-corrected chi connectivity index (χ3v) is 2.97. The highest BCUT2D eigenvalue weighted by molar-refractivity contribution is 5.94. The van der Waals surface area contributed by atoms with Crippen LogP contribution in [-0.4, -0.2) is 20.0 Å². The number of carbonyl (C=O) groups excluding carboxylic acids is 1. The molecule has 0 radical (unpaired) electrons. The number of carbonyl (C=O) groups is 1. The molecule has 104 valence electrons. The van der Waals surface area contributed by atoms with E-state index in [2.05, 4.69) is 5.32 Å². The molecule has 1 N–H and O–H groups in total. The Morgan fingerprint density at radius 3 is 2.60 bits per heavy atom. The molecule has 0 saturated heterocycles. The fourth-order valence-electron chi connectivity index (χ4n) is 1.86. The summed E-state index contributed by atoms with van der Waals surface area (Å²) in [6.07, 6.45) is 0. The van der Waals surface area contributed by atoms with Crippen LogP contribution in [0.25, 0.3) is 0 Å². The summed E-state index contributed by atoms with van der Waals surface area (Å²) in [6, 6.07) is 13.6. The fraction of sp³-hybridized carbons (Fsp3) is 0.188. The Bertz CT molecular complexity index is 611. The van der Waals surface area contributed by atoms with Gasteiger partial charge in [0.15, 0.2) is 0 Å². The molecular weight excluding hydrogens is 255 g/mol. The van der Waals surface area contributed by atoms with Crippen molar-refractivity contribution < 1.29 is 9.18 Å². The second kappa shape index (κ2) is 6.19. The normalized spacial score (nSPS) is 10.2. The first-order valence-corrected chi connectivity index (χ1v) is 6.36. The van der Waals surface area contributed by atoms with Gasteiger partial charge in [0.25, 0.3) is 5.91 Å². The van der Waals surface area contributed by atoms with Crippen LogP contribution in [0.4, 0.5) is 10.1 Å². The standard InChI is InChI=1S/C16H17FN2O/c1-19(2)15-8-3-5-12(9-15)11-18-16(20)13-6-4-7-14(17)10-13/h3-10H,11H2,1-2H3,(H,18,20). The van der Waals surface area contributed by atoms with Gasteiger partial charge in [-0.2, -0.15) is 0 Å². The predicted molar refractivity (Wildman–Crippen MR) is 78.3 cm³/mol. The van der Waals surface area contributed by atoms with Crippen LogP contribution in [0, 0.1) is 5.82 Å². The van der Waals surface area contributed by atoms with E-state index in [1.807, 2.05) is 43.3 Å². The Morgan fingerprint density at radius 1 is 1.15 bits per heavy atom. The van der Waals surface area contributed by atoms with Crippen LogP contribution in [0.5, 0.6) is 0 Å². The second-order valence-corrected chi connectivity index (χ2v) is 4.76. The lowest BCUT2D eigenvalue weighted by atomic mass is 10.1. The first-order chi connectivity index (χ1) is 9.56. The number of anilines is 1. The molecule has 0 unspecified atom stereocenters. The van der Waals surface area contributed by atoms with E-state index in [1.54, 1.807) is 6.07 Å². The third-order valence-electron chi connectivity index (χ3n) is 2.97. The van der Waals surface area contributed by atoms with E-state index >= 15 is 0 Å². The smallest absolute Gasteiger partial charge is 0.251 e. The van der Waals surface area contributed by atoms with Gasteiger partial charge in [-0.15, -0.1) is 0 Å². The molecule has 4 heteroatoms. The van der Waals surface area contributed by atoms with E-state index < -0.39 is 5.82 Å². The van der Waals surface area contributed by atoms with Crippen molar-refractivity contribution in [2.45, 2.75) is 6.54 Å². The highest BCUT2D eigenvalue weighted by atomic mass is 19.1. The molecule has 0 heterocycles. The summed E-state index contributed by atoms with van der Waals surface area (Å²) in [6.45, 7) is 0.414. The minimum atomic E-state index is -0.410. The SMILES string of the molecule is CN(C)c1cccc(CNC(=O)c2cccc(F)c2)c1. The largest absolute Gasteiger partial charge is 0.378 e. The zero-order valence-electron chi connectivity index (χ0n) is 11.6. The van der Waals surface area contributed by atoms with Gasteiger partial charge in [-0.25, -0.2) is 4.39 Å². The van der Waals surface area contributed by atoms with Crippen molar-refractivity contribution in [1.29, 1.82) is 0 Å². The number of nitrogens with one attached hydrogen (secondary N) is 1. The Morgan fingerprint density at radius 2 is 1.90 bits per heavy atom. The van der Waals surface area contributed by atoms with Crippen LogP contribution < -0.4 is 10.2 Å². The maximum atomic E-state index is 13.0. The summed E-state index contributed by atoms with van der Waals surface area (Å²) in [7, 11) is 3.93. The van der Waals surface area contributed by atoms with E-state index in [4.69, 9.17) is 0 Å². The molecule has 2 aromatic carbocycles. The van der Waals surface area contributed by atoms with Crippen molar-refractivity contribution >= 4 is 11.6 Å². The number of benzene rings is 2. The molecule has 20 heavy (non-hydrogen) atoms.